The number of benzene rings is 2. The molecule has 186 valence electrons. The summed E-state index contributed by atoms with van der Waals surface area (Å²) >= 11 is 0. The van der Waals surface area contributed by atoms with Crippen LogP contribution < -0.4 is 10.6 Å². The summed E-state index contributed by atoms with van der Waals surface area (Å²) in [6.07, 6.45) is -13.4. The smallest absolute Gasteiger partial charge is 0.381 e. The molecule has 4 N–H and O–H groups in total. The van der Waals surface area contributed by atoms with Gasteiger partial charge in [0, 0.05) is 36.6 Å². The molecule has 34 heavy (non-hydrogen) atoms. The van der Waals surface area contributed by atoms with E-state index in [0.29, 0.717) is 12.1 Å². The predicted octanol–water partition coefficient (Wildman–Crippen LogP) is 2.92. The van der Waals surface area contributed by atoms with Gasteiger partial charge in [-0.05, 0) is 30.3 Å². The van der Waals surface area contributed by atoms with Crippen LogP contribution >= 0.6 is 0 Å². The minimum Gasteiger partial charge on any atom is -0.381 e. The van der Waals surface area contributed by atoms with Crippen LogP contribution in [0.2, 0.25) is 0 Å². The van der Waals surface area contributed by atoms with Gasteiger partial charge in [-0.15, -0.1) is 0 Å². The number of hydrogen-bond acceptors (Lipinski definition) is 5. The number of amides is 2. The van der Waals surface area contributed by atoms with Crippen molar-refractivity contribution in [3.05, 3.63) is 59.7 Å². The molecule has 0 aromatic heterocycles. The van der Waals surface area contributed by atoms with Crippen molar-refractivity contribution in [1.29, 1.82) is 0 Å². The van der Waals surface area contributed by atoms with Gasteiger partial charge in [0.05, 0.1) is 6.54 Å². The SMILES string of the molecule is CN(C)C(=O)[C@@H](O)CNC(=O)c1cccc(Nc2ccc(C(O)(C(F)(F)F)C(F)(F)F)cc2)c1. The number of hydrogen-bond donors (Lipinski definition) is 4. The minimum absolute atomic E-state index is 0.0833. The fraction of sp³-hybridized carbons (Fsp3) is 0.333. The third kappa shape index (κ3) is 5.78. The van der Waals surface area contributed by atoms with Crippen LogP contribution in [0.15, 0.2) is 48.5 Å². The van der Waals surface area contributed by atoms with Crippen molar-refractivity contribution in [2.45, 2.75) is 24.1 Å². The Hall–Kier alpha value is -3.32. The summed E-state index contributed by atoms with van der Waals surface area (Å²) in [5.41, 5.74) is -5.98. The fourth-order valence-electron chi connectivity index (χ4n) is 2.86. The van der Waals surface area contributed by atoms with E-state index in [1.807, 2.05) is 0 Å². The van der Waals surface area contributed by atoms with Gasteiger partial charge in [-0.3, -0.25) is 9.59 Å². The average molecular weight is 493 g/mol. The van der Waals surface area contributed by atoms with Crippen LogP contribution in [-0.4, -0.2) is 66.0 Å². The summed E-state index contributed by atoms with van der Waals surface area (Å²) < 4.78 is 77.9. The summed E-state index contributed by atoms with van der Waals surface area (Å²) in [6.45, 7) is -0.351. The highest BCUT2D eigenvalue weighted by molar-refractivity contribution is 5.95. The lowest BCUT2D eigenvalue weighted by Gasteiger charge is -2.32. The first-order chi connectivity index (χ1) is 15.6. The van der Waals surface area contributed by atoms with Crippen molar-refractivity contribution < 1.29 is 46.1 Å². The number of aliphatic hydroxyl groups excluding tert-OH is 1. The number of anilines is 2. The van der Waals surface area contributed by atoms with E-state index in [1.54, 1.807) is 0 Å². The summed E-state index contributed by atoms with van der Waals surface area (Å²) in [5.74, 6) is -1.24. The third-order valence-corrected chi connectivity index (χ3v) is 4.72. The predicted molar refractivity (Wildman–Crippen MR) is 109 cm³/mol. The van der Waals surface area contributed by atoms with E-state index in [2.05, 4.69) is 10.6 Å². The lowest BCUT2D eigenvalue weighted by Crippen LogP contribution is -2.53. The van der Waals surface area contributed by atoms with E-state index in [9.17, 15) is 46.1 Å². The van der Waals surface area contributed by atoms with Crippen LogP contribution in [0.25, 0.3) is 0 Å². The number of alkyl halides is 6. The molecular formula is C21H21F6N3O4. The molecule has 2 aromatic rings. The van der Waals surface area contributed by atoms with Gasteiger partial charge in [-0.25, -0.2) is 0 Å². The molecule has 0 bridgehead atoms. The van der Waals surface area contributed by atoms with E-state index in [1.165, 1.54) is 38.4 Å². The summed E-state index contributed by atoms with van der Waals surface area (Å²) in [4.78, 5) is 25.0. The van der Waals surface area contributed by atoms with Crippen molar-refractivity contribution in [3.8, 4) is 0 Å². The average Bonchev–Trinajstić information content (AvgIpc) is 2.75. The van der Waals surface area contributed by atoms with Gasteiger partial charge in [0.2, 0.25) is 0 Å². The molecule has 0 saturated carbocycles. The molecule has 13 heteroatoms. The number of rotatable bonds is 7. The molecule has 2 amide bonds. The van der Waals surface area contributed by atoms with E-state index in [-0.39, 0.29) is 23.5 Å². The molecule has 1 atom stereocenters. The van der Waals surface area contributed by atoms with Crippen LogP contribution in [0.5, 0.6) is 0 Å². The molecule has 2 rings (SSSR count). The maximum atomic E-state index is 13.0. The molecule has 0 aliphatic rings. The molecular weight excluding hydrogens is 472 g/mol. The van der Waals surface area contributed by atoms with Gasteiger partial charge < -0.3 is 25.7 Å². The van der Waals surface area contributed by atoms with E-state index >= 15 is 0 Å². The Kier molecular flexibility index (Phi) is 7.83. The second-order valence-electron chi connectivity index (χ2n) is 7.45. The first-order valence-corrected chi connectivity index (χ1v) is 9.59. The van der Waals surface area contributed by atoms with Crippen LogP contribution in [0.1, 0.15) is 15.9 Å². The zero-order valence-corrected chi connectivity index (χ0v) is 17.8. The van der Waals surface area contributed by atoms with Crippen molar-refractivity contribution in [2.75, 3.05) is 26.0 Å². The van der Waals surface area contributed by atoms with E-state index in [0.717, 1.165) is 17.0 Å². The largest absolute Gasteiger partial charge is 0.430 e. The molecule has 7 nitrogen and oxygen atoms in total. The number of carbonyl (C=O) groups excluding carboxylic acids is 2. The summed E-state index contributed by atoms with van der Waals surface area (Å²) in [7, 11) is 2.86. The highest BCUT2D eigenvalue weighted by Gasteiger charge is 2.71. The Balaban J connectivity index is 2.15. The lowest BCUT2D eigenvalue weighted by molar-refractivity contribution is -0.376. The zero-order chi connectivity index (χ0) is 25.9. The Morgan fingerprint density at radius 2 is 1.50 bits per heavy atom. The maximum absolute atomic E-state index is 13.0. The minimum atomic E-state index is -5.99. The fourth-order valence-corrected chi connectivity index (χ4v) is 2.86. The van der Waals surface area contributed by atoms with Crippen LogP contribution in [0.3, 0.4) is 0 Å². The second-order valence-corrected chi connectivity index (χ2v) is 7.45. The molecule has 0 spiro atoms. The van der Waals surface area contributed by atoms with Gasteiger partial charge in [0.15, 0.2) is 0 Å². The highest BCUT2D eigenvalue weighted by atomic mass is 19.4. The molecule has 0 fully saturated rings. The van der Waals surface area contributed by atoms with Gasteiger partial charge in [0.1, 0.15) is 6.10 Å². The number of halogens is 6. The second kappa shape index (κ2) is 9.89. The lowest BCUT2D eigenvalue weighted by atomic mass is 9.92. The number of carbonyl (C=O) groups is 2. The molecule has 0 aliphatic heterocycles. The van der Waals surface area contributed by atoms with Crippen molar-refractivity contribution in [2.24, 2.45) is 0 Å². The number of likely N-dealkylation sites (N-methyl/N-ethyl adjacent to an activating group) is 1. The Labute approximate surface area is 190 Å². The third-order valence-electron chi connectivity index (χ3n) is 4.72. The molecule has 2 aromatic carbocycles. The summed E-state index contributed by atoms with van der Waals surface area (Å²) in [5, 5.41) is 24.3. The quantitative estimate of drug-likeness (QED) is 0.445. The van der Waals surface area contributed by atoms with Crippen LogP contribution in [-0.2, 0) is 10.4 Å². The maximum Gasteiger partial charge on any atom is 0.430 e. The Morgan fingerprint density at radius 1 is 0.941 bits per heavy atom. The number of nitrogens with zero attached hydrogens (tertiary/aromatic N) is 1. The normalized spacial score (nSPS) is 13.2. The molecule has 0 unspecified atom stereocenters. The van der Waals surface area contributed by atoms with Gasteiger partial charge in [-0.2, -0.15) is 26.3 Å². The van der Waals surface area contributed by atoms with Crippen LogP contribution in [0.4, 0.5) is 37.7 Å². The first-order valence-electron chi connectivity index (χ1n) is 9.59. The van der Waals surface area contributed by atoms with Crippen LogP contribution in [0, 0.1) is 0 Å². The monoisotopic (exact) mass is 493 g/mol. The van der Waals surface area contributed by atoms with E-state index in [4.69, 9.17) is 0 Å². The van der Waals surface area contributed by atoms with Crippen molar-refractivity contribution in [1.82, 2.24) is 10.2 Å². The van der Waals surface area contributed by atoms with Gasteiger partial charge >= 0.3 is 12.4 Å². The summed E-state index contributed by atoms with van der Waals surface area (Å²) in [6, 6.07) is 8.49. The number of nitrogens with one attached hydrogen (secondary N) is 2. The number of aliphatic hydroxyl groups is 2. The first kappa shape index (κ1) is 26.9. The molecule has 0 radical (unpaired) electrons. The van der Waals surface area contributed by atoms with E-state index < -0.39 is 41.4 Å². The Bertz CT molecular complexity index is 1010. The molecule has 0 aliphatic carbocycles. The highest BCUT2D eigenvalue weighted by Crippen LogP contribution is 2.50. The standard InChI is InChI=1S/C21H21F6N3O4/c1-30(2)18(33)16(31)11-28-17(32)12-4-3-5-15(10-12)29-14-8-6-13(7-9-14)19(34,20(22,23)24)21(25,26)27/h3-10,16,29,31,34H,11H2,1-2H3,(H,28,32)/t16-/m0/s1. The Morgan fingerprint density at radius 3 is 2.00 bits per heavy atom. The van der Waals surface area contributed by atoms with Gasteiger partial charge in [0.25, 0.3) is 17.4 Å². The van der Waals surface area contributed by atoms with Crippen molar-refractivity contribution >= 4 is 23.2 Å². The van der Waals surface area contributed by atoms with Gasteiger partial charge in [-0.1, -0.05) is 18.2 Å². The molecule has 0 saturated heterocycles. The topological polar surface area (TPSA) is 102 Å². The molecule has 0 heterocycles. The zero-order valence-electron chi connectivity index (χ0n) is 17.8. The van der Waals surface area contributed by atoms with Crippen molar-refractivity contribution in [3.63, 3.8) is 0 Å².